The molecule has 0 heterocycles. The van der Waals surface area contributed by atoms with Crippen LogP contribution in [0.5, 0.6) is 0 Å². The number of halogens is 3. The smallest absolute Gasteiger partial charge is 0.422 e. The summed E-state index contributed by atoms with van der Waals surface area (Å²) in [6, 6.07) is 7.70. The molecule has 3 nitrogen and oxygen atoms in total. The van der Waals surface area contributed by atoms with Gasteiger partial charge in [0.25, 0.3) is 0 Å². The lowest BCUT2D eigenvalue weighted by Gasteiger charge is -2.22. The molecule has 0 atom stereocenters. The summed E-state index contributed by atoms with van der Waals surface area (Å²) in [5.41, 5.74) is 2.07. The highest BCUT2D eigenvalue weighted by atomic mass is 19.4. The zero-order chi connectivity index (χ0) is 15.5. The summed E-state index contributed by atoms with van der Waals surface area (Å²) in [4.78, 5) is 13.2. The average Bonchev–Trinajstić information content (AvgIpc) is 3.26. The molecule has 0 aromatic heterocycles. The molecule has 1 amide bonds. The molecule has 1 aromatic carbocycles. The minimum atomic E-state index is -4.49. The van der Waals surface area contributed by atoms with Crippen molar-refractivity contribution >= 4 is 6.09 Å². The van der Waals surface area contributed by atoms with Gasteiger partial charge >= 0.3 is 12.3 Å². The Morgan fingerprint density at radius 3 is 2.29 bits per heavy atom. The highest BCUT2D eigenvalue weighted by Crippen LogP contribution is 2.29. The van der Waals surface area contributed by atoms with E-state index in [0.717, 1.165) is 24.8 Å². The van der Waals surface area contributed by atoms with Crippen LogP contribution in [0.15, 0.2) is 24.3 Å². The maximum Gasteiger partial charge on any atom is 0.422 e. The van der Waals surface area contributed by atoms with E-state index in [1.807, 2.05) is 31.2 Å². The zero-order valence-electron chi connectivity index (χ0n) is 11.8. The molecule has 0 aliphatic heterocycles. The minimum absolute atomic E-state index is 0.00316. The van der Waals surface area contributed by atoms with Gasteiger partial charge in [-0.05, 0) is 30.4 Å². The quantitative estimate of drug-likeness (QED) is 0.825. The standard InChI is InChI=1S/C15H18F3NO2/c1-2-11-3-5-12(6-4-11)9-19(13-7-8-13)14(20)21-10-15(16,17)18/h3-6,13H,2,7-10H2,1H3. The van der Waals surface area contributed by atoms with Crippen molar-refractivity contribution in [2.45, 2.75) is 44.9 Å². The molecule has 1 saturated carbocycles. The molecule has 0 radical (unpaired) electrons. The maximum atomic E-state index is 12.1. The fourth-order valence-corrected chi connectivity index (χ4v) is 2.03. The highest BCUT2D eigenvalue weighted by molar-refractivity contribution is 5.68. The summed E-state index contributed by atoms with van der Waals surface area (Å²) in [6.45, 7) is 0.787. The second-order valence-corrected chi connectivity index (χ2v) is 5.20. The van der Waals surface area contributed by atoms with Gasteiger partial charge in [-0.2, -0.15) is 13.2 Å². The molecule has 1 aliphatic carbocycles. The molecular formula is C15H18F3NO2. The van der Waals surface area contributed by atoms with Crippen LogP contribution in [-0.4, -0.2) is 29.8 Å². The normalized spacial score (nSPS) is 14.9. The molecule has 116 valence electrons. The van der Waals surface area contributed by atoms with E-state index in [0.29, 0.717) is 0 Å². The zero-order valence-corrected chi connectivity index (χ0v) is 11.8. The number of benzene rings is 1. The van der Waals surface area contributed by atoms with Gasteiger partial charge in [-0.3, -0.25) is 0 Å². The molecule has 0 spiro atoms. The third-order valence-corrected chi connectivity index (χ3v) is 3.37. The molecule has 0 saturated heterocycles. The largest absolute Gasteiger partial charge is 0.440 e. The Hall–Kier alpha value is -1.72. The summed E-state index contributed by atoms with van der Waals surface area (Å²) in [6.07, 6.45) is -2.84. The predicted molar refractivity (Wildman–Crippen MR) is 71.8 cm³/mol. The minimum Gasteiger partial charge on any atom is -0.440 e. The van der Waals surface area contributed by atoms with Crippen LogP contribution in [-0.2, 0) is 17.7 Å². The predicted octanol–water partition coefficient (Wildman–Crippen LogP) is 3.91. The van der Waals surface area contributed by atoms with Gasteiger partial charge in [0.05, 0.1) is 0 Å². The fourth-order valence-electron chi connectivity index (χ4n) is 2.03. The van der Waals surface area contributed by atoms with Gasteiger partial charge in [0, 0.05) is 12.6 Å². The monoisotopic (exact) mass is 301 g/mol. The summed E-state index contributed by atoms with van der Waals surface area (Å²) >= 11 is 0. The fraction of sp³-hybridized carbons (Fsp3) is 0.533. The van der Waals surface area contributed by atoms with Gasteiger partial charge in [0.2, 0.25) is 0 Å². The van der Waals surface area contributed by atoms with E-state index in [1.54, 1.807) is 0 Å². The summed E-state index contributed by atoms with van der Waals surface area (Å²) in [7, 11) is 0. The third-order valence-electron chi connectivity index (χ3n) is 3.37. The van der Waals surface area contributed by atoms with E-state index in [1.165, 1.54) is 10.5 Å². The first-order valence-corrected chi connectivity index (χ1v) is 6.97. The molecule has 6 heteroatoms. The number of amides is 1. The van der Waals surface area contributed by atoms with E-state index in [9.17, 15) is 18.0 Å². The Morgan fingerprint density at radius 2 is 1.81 bits per heavy atom. The Bertz CT molecular complexity index is 481. The first-order chi connectivity index (χ1) is 9.89. The van der Waals surface area contributed by atoms with Crippen LogP contribution in [0.4, 0.5) is 18.0 Å². The number of carbonyl (C=O) groups excluding carboxylic acids is 1. The van der Waals surface area contributed by atoms with E-state index in [-0.39, 0.29) is 12.6 Å². The number of carbonyl (C=O) groups is 1. The number of hydrogen-bond acceptors (Lipinski definition) is 2. The van der Waals surface area contributed by atoms with E-state index >= 15 is 0 Å². The van der Waals surface area contributed by atoms with Gasteiger partial charge < -0.3 is 9.64 Å². The third kappa shape index (κ3) is 4.95. The second-order valence-electron chi connectivity index (χ2n) is 5.20. The Kier molecular flexibility index (Phi) is 4.75. The molecule has 1 fully saturated rings. The highest BCUT2D eigenvalue weighted by Gasteiger charge is 2.36. The lowest BCUT2D eigenvalue weighted by atomic mass is 10.1. The first kappa shape index (κ1) is 15.7. The molecule has 2 rings (SSSR count). The summed E-state index contributed by atoms with van der Waals surface area (Å²) in [5.74, 6) is 0. The summed E-state index contributed by atoms with van der Waals surface area (Å²) in [5, 5.41) is 0. The van der Waals surface area contributed by atoms with Crippen molar-refractivity contribution in [3.8, 4) is 0 Å². The number of ether oxygens (including phenoxy) is 1. The van der Waals surface area contributed by atoms with Gasteiger partial charge in [-0.15, -0.1) is 0 Å². The Balaban J connectivity index is 1.96. The lowest BCUT2D eigenvalue weighted by molar-refractivity contribution is -0.162. The number of nitrogens with zero attached hydrogens (tertiary/aromatic N) is 1. The Morgan fingerprint density at radius 1 is 1.24 bits per heavy atom. The van der Waals surface area contributed by atoms with Crippen molar-refractivity contribution in [2.24, 2.45) is 0 Å². The molecule has 0 unspecified atom stereocenters. The van der Waals surface area contributed by atoms with Crippen LogP contribution in [0.3, 0.4) is 0 Å². The van der Waals surface area contributed by atoms with Crippen LogP contribution >= 0.6 is 0 Å². The number of aryl methyl sites for hydroxylation is 1. The van der Waals surface area contributed by atoms with Crippen molar-refractivity contribution in [2.75, 3.05) is 6.61 Å². The van der Waals surface area contributed by atoms with Crippen LogP contribution in [0.2, 0.25) is 0 Å². The molecule has 21 heavy (non-hydrogen) atoms. The molecule has 0 N–H and O–H groups in total. The molecule has 0 bridgehead atoms. The van der Waals surface area contributed by atoms with E-state index in [2.05, 4.69) is 4.74 Å². The van der Waals surface area contributed by atoms with Crippen molar-refractivity contribution in [3.63, 3.8) is 0 Å². The van der Waals surface area contributed by atoms with Gasteiger partial charge in [-0.1, -0.05) is 31.2 Å². The van der Waals surface area contributed by atoms with Crippen LogP contribution in [0, 0.1) is 0 Å². The van der Waals surface area contributed by atoms with Crippen molar-refractivity contribution < 1.29 is 22.7 Å². The maximum absolute atomic E-state index is 12.1. The van der Waals surface area contributed by atoms with Gasteiger partial charge in [0.1, 0.15) is 0 Å². The summed E-state index contributed by atoms with van der Waals surface area (Å²) < 4.78 is 40.7. The molecule has 1 aliphatic rings. The van der Waals surface area contributed by atoms with Crippen LogP contribution in [0.25, 0.3) is 0 Å². The van der Waals surface area contributed by atoms with Gasteiger partial charge in [0.15, 0.2) is 6.61 Å². The first-order valence-electron chi connectivity index (χ1n) is 6.97. The number of rotatable bonds is 5. The van der Waals surface area contributed by atoms with Crippen LogP contribution in [0.1, 0.15) is 30.9 Å². The van der Waals surface area contributed by atoms with E-state index < -0.39 is 18.9 Å². The second kappa shape index (κ2) is 6.37. The number of hydrogen-bond donors (Lipinski definition) is 0. The van der Waals surface area contributed by atoms with Crippen molar-refractivity contribution in [3.05, 3.63) is 35.4 Å². The molecular weight excluding hydrogens is 283 g/mol. The van der Waals surface area contributed by atoms with Gasteiger partial charge in [-0.25, -0.2) is 4.79 Å². The van der Waals surface area contributed by atoms with Crippen molar-refractivity contribution in [1.29, 1.82) is 0 Å². The topological polar surface area (TPSA) is 29.5 Å². The van der Waals surface area contributed by atoms with E-state index in [4.69, 9.17) is 0 Å². The average molecular weight is 301 g/mol. The Labute approximate surface area is 121 Å². The molecule has 1 aromatic rings. The van der Waals surface area contributed by atoms with Crippen molar-refractivity contribution in [1.82, 2.24) is 4.90 Å². The lowest BCUT2D eigenvalue weighted by Crippen LogP contribution is -2.35. The SMILES string of the molecule is CCc1ccc(CN(C(=O)OCC(F)(F)F)C2CC2)cc1. The van der Waals surface area contributed by atoms with Crippen LogP contribution < -0.4 is 0 Å². The number of alkyl halides is 3.